The minimum atomic E-state index is 0. The molecule has 42 valence electrons. The van der Waals surface area contributed by atoms with Crippen molar-refractivity contribution in [2.75, 3.05) is 0 Å². The van der Waals surface area contributed by atoms with Crippen LogP contribution in [0.3, 0.4) is 0 Å². The molecule has 1 aromatic carbocycles. The fraction of sp³-hybridized carbons (Fsp3) is 0. The first-order valence-electron chi connectivity index (χ1n) is 2.38. The average Bonchev–Trinajstić information content (AvgIpc) is 1.64. The van der Waals surface area contributed by atoms with Crippen molar-refractivity contribution in [2.24, 2.45) is 0 Å². The van der Waals surface area contributed by atoms with E-state index < -0.39 is 0 Å². The van der Waals surface area contributed by atoms with Crippen LogP contribution in [0.1, 0.15) is 5.56 Å². The zero-order chi connectivity index (χ0) is 5.98. The zero-order valence-electron chi connectivity index (χ0n) is 6.42. The Kier molecular flexibility index (Phi) is 11.4. The van der Waals surface area contributed by atoms with E-state index in [2.05, 4.69) is 6.92 Å². The first-order chi connectivity index (χ1) is 3.79. The molecule has 0 unspecified atom stereocenters. The molecule has 1 aromatic rings. The minimum absolute atomic E-state index is 0. The summed E-state index contributed by atoms with van der Waals surface area (Å²) >= 11 is 0. The molecule has 1 nitrogen and oxygen atoms in total. The van der Waals surface area contributed by atoms with Gasteiger partial charge in [0, 0.05) is 0 Å². The normalized spacial score (nSPS) is 7.20. The minimum Gasteiger partial charge on any atom is -0.882 e. The Morgan fingerprint density at radius 1 is 1.20 bits per heavy atom. The third-order valence-electron chi connectivity index (χ3n) is 0.898. The van der Waals surface area contributed by atoms with Crippen LogP contribution in [0.4, 0.5) is 0 Å². The van der Waals surface area contributed by atoms with E-state index in [9.17, 15) is 5.11 Å². The summed E-state index contributed by atoms with van der Waals surface area (Å²) in [7, 11) is 0. The van der Waals surface area contributed by atoms with Gasteiger partial charge in [-0.2, -0.15) is 30.4 Å². The smallest absolute Gasteiger partial charge is 0.882 e. The summed E-state index contributed by atoms with van der Waals surface area (Å²) in [6.07, 6.45) is 0. The molecule has 0 bridgehead atoms. The van der Waals surface area contributed by atoms with Gasteiger partial charge >= 0.3 is 103 Å². The molecule has 0 N–H and O–H groups in total. The first-order valence-corrected chi connectivity index (χ1v) is 2.38. The van der Waals surface area contributed by atoms with Gasteiger partial charge in [0.2, 0.25) is 0 Å². The van der Waals surface area contributed by atoms with Gasteiger partial charge in [0.05, 0.1) is 0 Å². The van der Waals surface area contributed by atoms with E-state index in [0.29, 0.717) is 0 Å². The Balaban J connectivity index is 0. The molecule has 0 spiro atoms. The summed E-state index contributed by atoms with van der Waals surface area (Å²) in [6.45, 7) is 3.58. The van der Waals surface area contributed by atoms with Crippen molar-refractivity contribution < 1.29 is 108 Å². The Hall–Kier alpha value is 2.16. The van der Waals surface area contributed by atoms with Crippen LogP contribution in [0.15, 0.2) is 24.3 Å². The van der Waals surface area contributed by atoms with E-state index in [0.717, 1.165) is 5.56 Å². The predicted octanol–water partition coefficient (Wildman–Crippen LogP) is -5.05. The number of hydrogen-bond donors (Lipinski definition) is 0. The van der Waals surface area contributed by atoms with E-state index in [-0.39, 0.29) is 109 Å². The Labute approximate surface area is 146 Å². The summed E-state index contributed by atoms with van der Waals surface area (Å²) in [5.41, 5.74) is 0.775. The standard InChI is InChI=1S/C7H7O.2K/c1-6-3-2-4-7(8)5-6;;/h2-5,8H,1H2;;/q-1;2*+1/p-1. The Morgan fingerprint density at radius 3 is 2.10 bits per heavy atom. The molecule has 0 atom stereocenters. The molecule has 0 saturated heterocycles. The molecule has 0 amide bonds. The zero-order valence-corrected chi connectivity index (χ0v) is 12.7. The summed E-state index contributed by atoms with van der Waals surface area (Å²) < 4.78 is 0. The predicted molar refractivity (Wildman–Crippen MR) is 30.3 cm³/mol. The maximum Gasteiger partial charge on any atom is 1.00 e. The molecule has 0 aliphatic rings. The van der Waals surface area contributed by atoms with Crippen molar-refractivity contribution in [1.82, 2.24) is 0 Å². The monoisotopic (exact) mass is 184 g/mol. The van der Waals surface area contributed by atoms with Gasteiger partial charge in [-0.1, -0.05) is 6.07 Å². The molecular weight excluding hydrogens is 178 g/mol. The SMILES string of the molecule is [CH2-]c1cccc([O-])c1.[K+].[K+]. The average molecular weight is 184 g/mol. The first kappa shape index (κ1) is 14.7. The second kappa shape index (κ2) is 7.79. The Bertz CT molecular complexity index is 171. The van der Waals surface area contributed by atoms with Gasteiger partial charge in [-0.25, -0.2) is 0 Å². The number of rotatable bonds is 0. The quantitative estimate of drug-likeness (QED) is 0.292. The molecule has 3 heteroatoms. The summed E-state index contributed by atoms with van der Waals surface area (Å²) in [5.74, 6) is 0.0255. The second-order valence-corrected chi connectivity index (χ2v) is 1.65. The van der Waals surface area contributed by atoms with Crippen LogP contribution in [-0.4, -0.2) is 0 Å². The van der Waals surface area contributed by atoms with Crippen LogP contribution in [-0.2, 0) is 0 Å². The molecule has 0 saturated carbocycles. The van der Waals surface area contributed by atoms with Crippen LogP contribution in [0.2, 0.25) is 0 Å². The van der Waals surface area contributed by atoms with E-state index in [1.54, 1.807) is 12.1 Å². The van der Waals surface area contributed by atoms with Crippen molar-refractivity contribution in [3.63, 3.8) is 0 Å². The second-order valence-electron chi connectivity index (χ2n) is 1.65. The van der Waals surface area contributed by atoms with Crippen LogP contribution in [0.5, 0.6) is 5.75 Å². The fourth-order valence-corrected chi connectivity index (χ4v) is 0.545. The van der Waals surface area contributed by atoms with E-state index >= 15 is 0 Å². The number of hydrogen-bond acceptors (Lipinski definition) is 1. The third-order valence-corrected chi connectivity index (χ3v) is 0.898. The van der Waals surface area contributed by atoms with Crippen molar-refractivity contribution in [2.45, 2.75) is 0 Å². The molecule has 0 aromatic heterocycles. The molecule has 0 heterocycles. The van der Waals surface area contributed by atoms with Crippen molar-refractivity contribution in [1.29, 1.82) is 0 Å². The molecule has 0 radical (unpaired) electrons. The van der Waals surface area contributed by atoms with Crippen molar-refractivity contribution in [3.05, 3.63) is 36.8 Å². The maximum atomic E-state index is 10.5. The number of benzene rings is 1. The van der Waals surface area contributed by atoms with Gasteiger partial charge in [-0.3, -0.25) is 0 Å². The van der Waals surface area contributed by atoms with Gasteiger partial charge < -0.3 is 5.11 Å². The summed E-state index contributed by atoms with van der Waals surface area (Å²) in [6, 6.07) is 6.50. The third kappa shape index (κ3) is 5.77. The van der Waals surface area contributed by atoms with Gasteiger partial charge in [-0.15, -0.1) is 6.07 Å². The maximum absolute atomic E-state index is 10.5. The molecule has 1 rings (SSSR count). The van der Waals surface area contributed by atoms with E-state index in [1.165, 1.54) is 12.1 Å². The largest absolute Gasteiger partial charge is 1.00 e. The van der Waals surface area contributed by atoms with Crippen LogP contribution in [0, 0.1) is 6.92 Å². The van der Waals surface area contributed by atoms with E-state index in [4.69, 9.17) is 0 Å². The van der Waals surface area contributed by atoms with E-state index in [1.807, 2.05) is 0 Å². The molecule has 10 heavy (non-hydrogen) atoms. The summed E-state index contributed by atoms with van der Waals surface area (Å²) in [5, 5.41) is 10.5. The fourth-order valence-electron chi connectivity index (χ4n) is 0.545. The van der Waals surface area contributed by atoms with Crippen LogP contribution in [0.25, 0.3) is 0 Å². The Morgan fingerprint density at radius 2 is 1.80 bits per heavy atom. The molecule has 0 fully saturated rings. The van der Waals surface area contributed by atoms with Gasteiger partial charge in [0.25, 0.3) is 0 Å². The molecule has 0 aliphatic heterocycles. The van der Waals surface area contributed by atoms with Crippen molar-refractivity contribution >= 4 is 0 Å². The van der Waals surface area contributed by atoms with Crippen LogP contribution >= 0.6 is 0 Å². The summed E-state index contributed by atoms with van der Waals surface area (Å²) in [4.78, 5) is 0. The van der Waals surface area contributed by atoms with Gasteiger partial charge in [0.1, 0.15) is 0 Å². The van der Waals surface area contributed by atoms with Crippen molar-refractivity contribution in [3.8, 4) is 5.75 Å². The van der Waals surface area contributed by atoms with Crippen LogP contribution < -0.4 is 108 Å². The van der Waals surface area contributed by atoms with Gasteiger partial charge in [-0.05, 0) is 0 Å². The van der Waals surface area contributed by atoms with Gasteiger partial charge in [0.15, 0.2) is 0 Å². The topological polar surface area (TPSA) is 23.1 Å². The molecular formula is C7H6K2O. The molecule has 0 aliphatic carbocycles.